The fraction of sp³-hybridized carbons (Fsp3) is 0.400. The predicted octanol–water partition coefficient (Wildman–Crippen LogP) is 1.87. The summed E-state index contributed by atoms with van der Waals surface area (Å²) in [6.45, 7) is 2.84. The normalized spacial score (nSPS) is 9.69. The molecule has 71 valence electrons. The van der Waals surface area contributed by atoms with E-state index in [0.717, 1.165) is 5.75 Å². The number of benzene rings is 1. The minimum atomic E-state index is 0.268. The molecule has 0 saturated heterocycles. The molecule has 0 aliphatic heterocycles. The molecule has 0 aromatic heterocycles. The standard InChI is InChI=1S/C10H13O3/c1-3-12-8-13-10-6-4-5-9(7-10)11-2/h4,6-7H,3,8H2,1-2H3. The van der Waals surface area contributed by atoms with Crippen LogP contribution in [0.25, 0.3) is 0 Å². The molecule has 0 saturated carbocycles. The Balaban J connectivity index is 2.46. The second-order valence-corrected chi connectivity index (χ2v) is 2.35. The molecule has 0 unspecified atom stereocenters. The van der Waals surface area contributed by atoms with Crippen LogP contribution < -0.4 is 9.47 Å². The average molecular weight is 181 g/mol. The van der Waals surface area contributed by atoms with E-state index in [1.807, 2.05) is 13.0 Å². The summed E-state index contributed by atoms with van der Waals surface area (Å²) in [4.78, 5) is 0. The summed E-state index contributed by atoms with van der Waals surface area (Å²) in [6.07, 6.45) is 0. The van der Waals surface area contributed by atoms with Crippen molar-refractivity contribution in [2.24, 2.45) is 0 Å². The molecule has 0 fully saturated rings. The van der Waals surface area contributed by atoms with Crippen LogP contribution in [0.1, 0.15) is 6.92 Å². The lowest BCUT2D eigenvalue weighted by molar-refractivity contribution is 0.0223. The van der Waals surface area contributed by atoms with E-state index in [1.54, 1.807) is 19.2 Å². The topological polar surface area (TPSA) is 27.7 Å². The highest BCUT2D eigenvalue weighted by atomic mass is 16.7. The summed E-state index contributed by atoms with van der Waals surface area (Å²) in [5.41, 5.74) is 0. The van der Waals surface area contributed by atoms with Gasteiger partial charge in [0.2, 0.25) is 0 Å². The van der Waals surface area contributed by atoms with Crippen LogP contribution in [-0.2, 0) is 4.74 Å². The maximum absolute atomic E-state index is 5.27. The van der Waals surface area contributed by atoms with Gasteiger partial charge in [0.25, 0.3) is 0 Å². The van der Waals surface area contributed by atoms with Crippen molar-refractivity contribution in [3.63, 3.8) is 0 Å². The lowest BCUT2D eigenvalue weighted by atomic mass is 10.3. The molecule has 1 rings (SSSR count). The molecule has 0 amide bonds. The average Bonchev–Trinajstić information content (AvgIpc) is 2.19. The zero-order valence-corrected chi connectivity index (χ0v) is 7.87. The Morgan fingerprint density at radius 2 is 2.31 bits per heavy atom. The molecule has 1 aromatic carbocycles. The molecule has 1 aromatic rings. The van der Waals surface area contributed by atoms with E-state index >= 15 is 0 Å². The quantitative estimate of drug-likeness (QED) is 0.512. The number of ether oxygens (including phenoxy) is 3. The molecule has 0 spiro atoms. The van der Waals surface area contributed by atoms with Crippen molar-refractivity contribution in [3.8, 4) is 11.5 Å². The van der Waals surface area contributed by atoms with Gasteiger partial charge >= 0.3 is 0 Å². The second-order valence-electron chi connectivity index (χ2n) is 2.35. The maximum Gasteiger partial charge on any atom is 0.189 e. The number of rotatable bonds is 5. The van der Waals surface area contributed by atoms with Gasteiger partial charge in [-0.25, -0.2) is 0 Å². The molecule has 0 atom stereocenters. The van der Waals surface area contributed by atoms with E-state index in [0.29, 0.717) is 12.4 Å². The Hall–Kier alpha value is -1.22. The largest absolute Gasteiger partial charge is 0.496 e. The van der Waals surface area contributed by atoms with Crippen LogP contribution in [0.15, 0.2) is 18.2 Å². The smallest absolute Gasteiger partial charge is 0.189 e. The summed E-state index contributed by atoms with van der Waals surface area (Å²) in [5, 5.41) is 0. The van der Waals surface area contributed by atoms with Crippen LogP contribution in [-0.4, -0.2) is 20.5 Å². The Morgan fingerprint density at radius 1 is 1.46 bits per heavy atom. The molecule has 1 radical (unpaired) electrons. The summed E-state index contributed by atoms with van der Waals surface area (Å²) in [7, 11) is 1.60. The first-order chi connectivity index (χ1) is 6.36. The van der Waals surface area contributed by atoms with Gasteiger partial charge in [0.15, 0.2) is 6.79 Å². The summed E-state index contributed by atoms with van der Waals surface area (Å²) >= 11 is 0. The number of hydrogen-bond acceptors (Lipinski definition) is 3. The van der Waals surface area contributed by atoms with Crippen LogP contribution in [0.2, 0.25) is 0 Å². The summed E-state index contributed by atoms with van der Waals surface area (Å²) in [6, 6.07) is 8.23. The molecule has 3 heteroatoms. The van der Waals surface area contributed by atoms with Crippen LogP contribution >= 0.6 is 0 Å². The first kappa shape index (κ1) is 9.86. The van der Waals surface area contributed by atoms with Gasteiger partial charge in [0, 0.05) is 18.7 Å². The van der Waals surface area contributed by atoms with E-state index < -0.39 is 0 Å². The SMILES string of the molecule is CCOCOc1cc[c]c(OC)c1. The number of methoxy groups -OCH3 is 1. The van der Waals surface area contributed by atoms with Crippen LogP contribution in [0.4, 0.5) is 0 Å². The molecule has 13 heavy (non-hydrogen) atoms. The minimum Gasteiger partial charge on any atom is -0.496 e. The lowest BCUT2D eigenvalue weighted by Gasteiger charge is -2.06. The highest BCUT2D eigenvalue weighted by Crippen LogP contribution is 2.17. The molecule has 0 bridgehead atoms. The minimum absolute atomic E-state index is 0.268. The first-order valence-electron chi connectivity index (χ1n) is 4.13. The fourth-order valence-corrected chi connectivity index (χ4v) is 0.826. The third-order valence-electron chi connectivity index (χ3n) is 1.48. The first-order valence-corrected chi connectivity index (χ1v) is 4.13. The van der Waals surface area contributed by atoms with Crippen molar-refractivity contribution in [2.45, 2.75) is 6.92 Å². The molecular formula is C10H13O3. The number of hydrogen-bond donors (Lipinski definition) is 0. The van der Waals surface area contributed by atoms with Gasteiger partial charge in [-0.3, -0.25) is 0 Å². The van der Waals surface area contributed by atoms with Crippen molar-refractivity contribution in [1.82, 2.24) is 0 Å². The Kier molecular flexibility index (Phi) is 4.12. The highest BCUT2D eigenvalue weighted by molar-refractivity contribution is 5.31. The maximum atomic E-state index is 5.27. The second kappa shape index (κ2) is 5.43. The molecule has 0 aliphatic rings. The highest BCUT2D eigenvalue weighted by Gasteiger charge is 1.95. The van der Waals surface area contributed by atoms with Gasteiger partial charge in [-0.05, 0) is 19.1 Å². The van der Waals surface area contributed by atoms with Crippen LogP contribution in [0.5, 0.6) is 11.5 Å². The lowest BCUT2D eigenvalue weighted by Crippen LogP contribution is -2.01. The van der Waals surface area contributed by atoms with E-state index in [4.69, 9.17) is 14.2 Å². The molecule has 0 heterocycles. The van der Waals surface area contributed by atoms with Gasteiger partial charge in [0.05, 0.1) is 7.11 Å². The summed E-state index contributed by atoms with van der Waals surface area (Å²) in [5.74, 6) is 1.39. The summed E-state index contributed by atoms with van der Waals surface area (Å²) < 4.78 is 15.3. The van der Waals surface area contributed by atoms with Crippen molar-refractivity contribution < 1.29 is 14.2 Å². The fourth-order valence-electron chi connectivity index (χ4n) is 0.826. The predicted molar refractivity (Wildman–Crippen MR) is 49.0 cm³/mol. The van der Waals surface area contributed by atoms with E-state index in [9.17, 15) is 0 Å². The van der Waals surface area contributed by atoms with Gasteiger partial charge in [-0.1, -0.05) is 0 Å². The van der Waals surface area contributed by atoms with E-state index in [1.165, 1.54) is 0 Å². The van der Waals surface area contributed by atoms with Gasteiger partial charge in [-0.2, -0.15) is 0 Å². The van der Waals surface area contributed by atoms with Gasteiger partial charge in [-0.15, -0.1) is 0 Å². The Morgan fingerprint density at radius 3 is 3.00 bits per heavy atom. The van der Waals surface area contributed by atoms with Crippen molar-refractivity contribution in [3.05, 3.63) is 24.3 Å². The van der Waals surface area contributed by atoms with Gasteiger partial charge < -0.3 is 14.2 Å². The Labute approximate surface area is 78.2 Å². The van der Waals surface area contributed by atoms with E-state index in [-0.39, 0.29) is 6.79 Å². The molecule has 3 nitrogen and oxygen atoms in total. The van der Waals surface area contributed by atoms with Crippen molar-refractivity contribution in [2.75, 3.05) is 20.5 Å². The monoisotopic (exact) mass is 181 g/mol. The zero-order chi connectivity index (χ0) is 9.52. The molecule has 0 aliphatic carbocycles. The third-order valence-corrected chi connectivity index (χ3v) is 1.48. The van der Waals surface area contributed by atoms with Crippen molar-refractivity contribution >= 4 is 0 Å². The van der Waals surface area contributed by atoms with E-state index in [2.05, 4.69) is 6.07 Å². The van der Waals surface area contributed by atoms with Gasteiger partial charge in [0.1, 0.15) is 11.5 Å². The van der Waals surface area contributed by atoms with Crippen molar-refractivity contribution in [1.29, 1.82) is 0 Å². The molecule has 0 N–H and O–H groups in total. The van der Waals surface area contributed by atoms with Crippen LogP contribution in [0, 0.1) is 6.07 Å². The van der Waals surface area contributed by atoms with Crippen LogP contribution in [0.3, 0.4) is 0 Å². The molecular weight excluding hydrogens is 168 g/mol. The third kappa shape index (κ3) is 3.34. The Bertz CT molecular complexity index is 248. The zero-order valence-electron chi connectivity index (χ0n) is 7.87.